The Labute approximate surface area is 371 Å². The number of hydrogen-bond donors (Lipinski definition) is 3. The van der Waals surface area contributed by atoms with Crippen LogP contribution >= 0.6 is 11.8 Å². The van der Waals surface area contributed by atoms with Gasteiger partial charge in [-0.2, -0.15) is 0 Å². The molecule has 2 fully saturated rings. The molecule has 0 spiro atoms. The minimum Gasteiger partial charge on any atom is -0.493 e. The minimum atomic E-state index is -1.35. The molecule has 2 saturated carbocycles. The highest BCUT2D eigenvalue weighted by atomic mass is 32.2. The molecule has 1 aliphatic heterocycles. The summed E-state index contributed by atoms with van der Waals surface area (Å²) in [6, 6.07) is 25.7. The molecular weight excluding hydrogens is 805 g/mol. The average Bonchev–Trinajstić information content (AvgIpc) is 4.16. The smallest absolute Gasteiger partial charge is 0.239 e. The van der Waals surface area contributed by atoms with Gasteiger partial charge in [-0.25, -0.2) is 0 Å². The summed E-state index contributed by atoms with van der Waals surface area (Å²) in [6.45, 7) is 5.82. The standard InChI is InChI=1S/C50H64N2O9S/c1-2-27-59-50-46(52(23-28-57-29-26-55)49(56)37-19-20-37)34-44(51-60-35-36-13-5-3-6-14-36)42-32-38(15-9-11-24-53)41(18-10-12-25-54)47(48(42)50)43-33-39(21-22-45(43)61-50)58-30-31-62-40-16-7-4-8-17-40/h2-8,13-14,16-17,21-22,32-33,37-38,41,46-48,53-55H,1,9-12,15,18-20,23-31,34-35H2/t38-,41+,46-,47+,48+,50+/m0/s1. The monoisotopic (exact) mass is 868 g/mol. The summed E-state index contributed by atoms with van der Waals surface area (Å²) >= 11 is 1.75. The van der Waals surface area contributed by atoms with Crippen molar-refractivity contribution in [2.75, 3.05) is 58.5 Å². The summed E-state index contributed by atoms with van der Waals surface area (Å²) in [5, 5.41) is 34.4. The number of ether oxygens (including phenoxy) is 4. The molecule has 3 N–H and O–H groups in total. The van der Waals surface area contributed by atoms with Crippen molar-refractivity contribution in [3.8, 4) is 11.5 Å². The SMILES string of the molecule is C=CCO[C@@]12Oc3ccc(OCCSc4ccccc4)cc3[C@H]3[C@H](CCCCO)[C@@H](CCCCO)C=C(C(=NOCc4ccccc4)C[C@@H]1N(CCOCCO)C(=O)C1CC1)[C@H]32. The number of benzene rings is 3. The van der Waals surface area contributed by atoms with Gasteiger partial charge in [0.15, 0.2) is 0 Å². The zero-order valence-electron chi connectivity index (χ0n) is 35.9. The van der Waals surface area contributed by atoms with Gasteiger partial charge in [0, 0.05) is 54.2 Å². The highest BCUT2D eigenvalue weighted by Crippen LogP contribution is 2.62. The fourth-order valence-corrected chi connectivity index (χ4v) is 10.4. The fraction of sp³-hybridized carbons (Fsp3) is 0.520. The van der Waals surface area contributed by atoms with Gasteiger partial charge in [-0.15, -0.1) is 18.3 Å². The second kappa shape index (κ2) is 23.0. The predicted molar refractivity (Wildman–Crippen MR) is 241 cm³/mol. The third kappa shape index (κ3) is 11.1. The Kier molecular flexibility index (Phi) is 17.0. The number of unbranched alkanes of at least 4 members (excludes halogenated alkanes) is 2. The normalized spacial score (nSPS) is 24.3. The number of oxime groups is 1. The number of amides is 1. The van der Waals surface area contributed by atoms with Gasteiger partial charge in [0.25, 0.3) is 0 Å². The molecule has 0 unspecified atom stereocenters. The maximum Gasteiger partial charge on any atom is 0.239 e. The molecule has 1 amide bonds. The topological polar surface area (TPSA) is 140 Å². The quantitative estimate of drug-likeness (QED) is 0.0316. The number of aliphatic hydroxyl groups excluding tert-OH is 3. The van der Waals surface area contributed by atoms with Crippen molar-refractivity contribution >= 4 is 23.4 Å². The van der Waals surface area contributed by atoms with E-state index in [1.807, 2.05) is 65.6 Å². The highest BCUT2D eigenvalue weighted by molar-refractivity contribution is 7.99. The van der Waals surface area contributed by atoms with E-state index in [0.29, 0.717) is 31.6 Å². The van der Waals surface area contributed by atoms with Crippen LogP contribution in [0.4, 0.5) is 0 Å². The van der Waals surface area contributed by atoms with Crippen molar-refractivity contribution < 1.29 is 43.9 Å². The lowest BCUT2D eigenvalue weighted by molar-refractivity contribution is -0.258. The molecule has 0 saturated heterocycles. The highest BCUT2D eigenvalue weighted by Gasteiger charge is 2.66. The predicted octanol–water partition coefficient (Wildman–Crippen LogP) is 7.94. The van der Waals surface area contributed by atoms with E-state index in [4.69, 9.17) is 28.9 Å². The first-order valence-electron chi connectivity index (χ1n) is 22.5. The summed E-state index contributed by atoms with van der Waals surface area (Å²) in [5.41, 5.74) is 3.75. The number of hydrogen-bond acceptors (Lipinski definition) is 11. The number of carbonyl (C=O) groups is 1. The first kappa shape index (κ1) is 45.8. The van der Waals surface area contributed by atoms with Crippen LogP contribution in [0, 0.1) is 23.7 Å². The number of thioether (sulfide) groups is 1. The molecule has 0 radical (unpaired) electrons. The minimum absolute atomic E-state index is 0.0291. The molecule has 334 valence electrons. The Morgan fingerprint density at radius 1 is 0.919 bits per heavy atom. The van der Waals surface area contributed by atoms with Gasteiger partial charge in [0.1, 0.15) is 24.1 Å². The van der Waals surface area contributed by atoms with Crippen LogP contribution in [0.15, 0.2) is 113 Å². The van der Waals surface area contributed by atoms with Crippen molar-refractivity contribution in [2.24, 2.45) is 28.8 Å². The van der Waals surface area contributed by atoms with Crippen LogP contribution in [0.1, 0.15) is 74.8 Å². The third-order valence-corrected chi connectivity index (χ3v) is 13.5. The van der Waals surface area contributed by atoms with Gasteiger partial charge >= 0.3 is 0 Å². The summed E-state index contributed by atoms with van der Waals surface area (Å²) in [4.78, 5) is 23.9. The number of fused-ring (bicyclic) bond motifs is 2. The third-order valence-electron chi connectivity index (χ3n) is 12.6. The molecule has 3 aromatic rings. The number of nitrogens with zero attached hydrogens (tertiary/aromatic N) is 2. The van der Waals surface area contributed by atoms with E-state index in [1.165, 1.54) is 4.90 Å². The van der Waals surface area contributed by atoms with Gasteiger partial charge in [0.05, 0.1) is 44.7 Å². The Bertz CT molecular complexity index is 1940. The Morgan fingerprint density at radius 3 is 2.40 bits per heavy atom. The number of aliphatic hydroxyl groups is 3. The molecule has 6 atom stereocenters. The lowest BCUT2D eigenvalue weighted by Crippen LogP contribution is -2.70. The number of allylic oxidation sites excluding steroid dienone is 1. The maximum absolute atomic E-state index is 14.6. The maximum atomic E-state index is 14.6. The van der Waals surface area contributed by atoms with E-state index >= 15 is 0 Å². The second-order valence-electron chi connectivity index (χ2n) is 16.7. The first-order chi connectivity index (χ1) is 30.5. The summed E-state index contributed by atoms with van der Waals surface area (Å²) in [5.74, 6) is 0.424. The zero-order valence-corrected chi connectivity index (χ0v) is 36.7. The van der Waals surface area contributed by atoms with Gasteiger partial charge < -0.3 is 44.0 Å². The van der Waals surface area contributed by atoms with Crippen molar-refractivity contribution in [3.63, 3.8) is 0 Å². The van der Waals surface area contributed by atoms with E-state index in [2.05, 4.69) is 30.9 Å². The van der Waals surface area contributed by atoms with Crippen LogP contribution < -0.4 is 9.47 Å². The van der Waals surface area contributed by atoms with E-state index in [0.717, 1.165) is 72.4 Å². The largest absolute Gasteiger partial charge is 0.493 e. The van der Waals surface area contributed by atoms with E-state index in [9.17, 15) is 20.1 Å². The molecule has 0 aromatic heterocycles. The van der Waals surface area contributed by atoms with Gasteiger partial charge in [-0.3, -0.25) is 4.79 Å². The molecule has 0 bridgehead atoms. The molecule has 4 aliphatic rings. The van der Waals surface area contributed by atoms with Crippen LogP contribution in [0.3, 0.4) is 0 Å². The fourth-order valence-electron chi connectivity index (χ4n) is 9.65. The molecular formula is C50H64N2O9S. The summed E-state index contributed by atoms with van der Waals surface area (Å²) in [6.07, 6.45) is 10.8. The van der Waals surface area contributed by atoms with Crippen LogP contribution in [0.25, 0.3) is 0 Å². The molecule has 11 nitrogen and oxygen atoms in total. The van der Waals surface area contributed by atoms with Crippen LogP contribution in [0.5, 0.6) is 11.5 Å². The van der Waals surface area contributed by atoms with Gasteiger partial charge in [0.2, 0.25) is 11.7 Å². The molecule has 12 heteroatoms. The van der Waals surface area contributed by atoms with E-state index in [-0.39, 0.29) is 82.4 Å². The van der Waals surface area contributed by atoms with Crippen LogP contribution in [-0.2, 0) is 25.7 Å². The molecule has 62 heavy (non-hydrogen) atoms. The van der Waals surface area contributed by atoms with Crippen LogP contribution in [-0.4, -0.2) is 102 Å². The first-order valence-corrected chi connectivity index (χ1v) is 23.5. The molecule has 1 heterocycles. The number of carbonyl (C=O) groups excluding carboxylic acids is 1. The van der Waals surface area contributed by atoms with Crippen molar-refractivity contribution in [2.45, 2.75) is 87.0 Å². The average molecular weight is 869 g/mol. The zero-order chi connectivity index (χ0) is 43.2. The second-order valence-corrected chi connectivity index (χ2v) is 17.9. The van der Waals surface area contributed by atoms with Crippen molar-refractivity contribution in [3.05, 3.63) is 114 Å². The lowest BCUT2D eigenvalue weighted by Gasteiger charge is -2.60. The molecule has 7 rings (SSSR count). The van der Waals surface area contributed by atoms with Crippen molar-refractivity contribution in [1.82, 2.24) is 4.90 Å². The van der Waals surface area contributed by atoms with Crippen molar-refractivity contribution in [1.29, 1.82) is 0 Å². The van der Waals surface area contributed by atoms with E-state index < -0.39 is 17.7 Å². The summed E-state index contributed by atoms with van der Waals surface area (Å²) < 4.78 is 26.8. The van der Waals surface area contributed by atoms with Gasteiger partial charge in [-0.1, -0.05) is 78.7 Å². The lowest BCUT2D eigenvalue weighted by atomic mass is 9.55. The van der Waals surface area contributed by atoms with E-state index in [1.54, 1.807) is 17.8 Å². The Morgan fingerprint density at radius 2 is 1.68 bits per heavy atom. The number of rotatable bonds is 26. The van der Waals surface area contributed by atoms with Gasteiger partial charge in [-0.05, 0) is 91.8 Å². The Hall–Kier alpha value is -4.17. The van der Waals surface area contributed by atoms with Crippen LogP contribution in [0.2, 0.25) is 0 Å². The molecule has 3 aromatic carbocycles. The molecule has 3 aliphatic carbocycles. The summed E-state index contributed by atoms with van der Waals surface area (Å²) in [7, 11) is 0. The Balaban J connectivity index is 1.36.